The summed E-state index contributed by atoms with van der Waals surface area (Å²) in [5.74, 6) is 0. The lowest BCUT2D eigenvalue weighted by Gasteiger charge is -2.23. The van der Waals surface area contributed by atoms with E-state index in [1.807, 2.05) is 37.4 Å². The van der Waals surface area contributed by atoms with Crippen LogP contribution in [0.3, 0.4) is 0 Å². The highest BCUT2D eigenvalue weighted by molar-refractivity contribution is 5.47. The third-order valence-corrected chi connectivity index (χ3v) is 2.77. The highest BCUT2D eigenvalue weighted by Crippen LogP contribution is 2.17. The summed E-state index contributed by atoms with van der Waals surface area (Å²) in [6.07, 6.45) is 3.80. The number of para-hydroxylation sites is 1. The summed E-state index contributed by atoms with van der Waals surface area (Å²) in [7, 11) is 0. The van der Waals surface area contributed by atoms with E-state index in [1.165, 1.54) is 11.3 Å². The van der Waals surface area contributed by atoms with Crippen LogP contribution in [0.4, 0.5) is 5.69 Å². The van der Waals surface area contributed by atoms with Crippen molar-refractivity contribution in [3.63, 3.8) is 0 Å². The lowest BCUT2D eigenvalue weighted by molar-refractivity contribution is 0.862. The average molecular weight is 227 g/mol. The summed E-state index contributed by atoms with van der Waals surface area (Å²) in [6.45, 7) is 7.53. The SMILES string of the molecule is C=CCN(Cc1cn[nH]c1C)c1ccccc1. The zero-order valence-electron chi connectivity index (χ0n) is 10.1. The van der Waals surface area contributed by atoms with Crippen LogP contribution in [-0.2, 0) is 6.54 Å². The van der Waals surface area contributed by atoms with E-state index in [2.05, 4.69) is 33.8 Å². The van der Waals surface area contributed by atoms with E-state index >= 15 is 0 Å². The highest BCUT2D eigenvalue weighted by Gasteiger charge is 2.08. The van der Waals surface area contributed by atoms with Crippen molar-refractivity contribution in [2.24, 2.45) is 0 Å². The van der Waals surface area contributed by atoms with Gasteiger partial charge in [0.15, 0.2) is 0 Å². The van der Waals surface area contributed by atoms with Crippen LogP contribution in [0.5, 0.6) is 0 Å². The summed E-state index contributed by atoms with van der Waals surface area (Å²) in [6, 6.07) is 10.3. The van der Waals surface area contributed by atoms with E-state index in [4.69, 9.17) is 0 Å². The molecule has 0 aliphatic carbocycles. The Balaban J connectivity index is 2.19. The number of aromatic nitrogens is 2. The Morgan fingerprint density at radius 2 is 2.12 bits per heavy atom. The van der Waals surface area contributed by atoms with E-state index in [-0.39, 0.29) is 0 Å². The second-order valence-corrected chi connectivity index (χ2v) is 4.02. The first-order chi connectivity index (χ1) is 8.31. The molecule has 0 radical (unpaired) electrons. The summed E-state index contributed by atoms with van der Waals surface area (Å²) in [5, 5.41) is 7.02. The molecule has 2 aromatic rings. The van der Waals surface area contributed by atoms with Gasteiger partial charge in [-0.15, -0.1) is 6.58 Å². The second-order valence-electron chi connectivity index (χ2n) is 4.02. The van der Waals surface area contributed by atoms with Crippen LogP contribution in [0.1, 0.15) is 11.3 Å². The molecule has 0 unspecified atom stereocenters. The standard InChI is InChI=1S/C14H17N3/c1-3-9-17(14-7-5-4-6-8-14)11-13-10-15-16-12(13)2/h3-8,10H,1,9,11H2,2H3,(H,15,16). The molecular formula is C14H17N3. The van der Waals surface area contributed by atoms with E-state index in [0.29, 0.717) is 0 Å². The first-order valence-corrected chi connectivity index (χ1v) is 5.71. The lowest BCUT2D eigenvalue weighted by Crippen LogP contribution is -2.22. The van der Waals surface area contributed by atoms with Crippen LogP contribution in [0.15, 0.2) is 49.2 Å². The Morgan fingerprint density at radius 1 is 1.35 bits per heavy atom. The first kappa shape index (κ1) is 11.5. The van der Waals surface area contributed by atoms with Crippen molar-refractivity contribution in [2.45, 2.75) is 13.5 Å². The summed E-state index contributed by atoms with van der Waals surface area (Å²) in [4.78, 5) is 2.27. The third-order valence-electron chi connectivity index (χ3n) is 2.77. The number of hydrogen-bond acceptors (Lipinski definition) is 2. The first-order valence-electron chi connectivity index (χ1n) is 5.71. The molecule has 0 saturated heterocycles. The van der Waals surface area contributed by atoms with Gasteiger partial charge in [-0.1, -0.05) is 24.3 Å². The fraction of sp³-hybridized carbons (Fsp3) is 0.214. The molecule has 88 valence electrons. The highest BCUT2D eigenvalue weighted by atomic mass is 15.1. The number of H-pyrrole nitrogens is 1. The number of benzene rings is 1. The van der Waals surface area contributed by atoms with Crippen LogP contribution in [0.2, 0.25) is 0 Å². The number of nitrogens with zero attached hydrogens (tertiary/aromatic N) is 2. The predicted molar refractivity (Wildman–Crippen MR) is 71.0 cm³/mol. The van der Waals surface area contributed by atoms with Gasteiger partial charge in [0.2, 0.25) is 0 Å². The molecule has 0 amide bonds. The molecule has 1 N–H and O–H groups in total. The minimum Gasteiger partial charge on any atom is -0.363 e. The summed E-state index contributed by atoms with van der Waals surface area (Å²) in [5.41, 5.74) is 3.54. The molecule has 0 bridgehead atoms. The zero-order valence-corrected chi connectivity index (χ0v) is 10.1. The van der Waals surface area contributed by atoms with Gasteiger partial charge in [-0.3, -0.25) is 5.10 Å². The Morgan fingerprint density at radius 3 is 2.71 bits per heavy atom. The smallest absolute Gasteiger partial charge is 0.0540 e. The topological polar surface area (TPSA) is 31.9 Å². The number of hydrogen-bond donors (Lipinski definition) is 1. The second kappa shape index (κ2) is 5.34. The molecule has 2 rings (SSSR count). The number of nitrogens with one attached hydrogen (secondary N) is 1. The van der Waals surface area contributed by atoms with Crippen LogP contribution in [0.25, 0.3) is 0 Å². The normalized spacial score (nSPS) is 10.2. The maximum atomic E-state index is 4.05. The Hall–Kier alpha value is -2.03. The van der Waals surface area contributed by atoms with Gasteiger partial charge in [0.05, 0.1) is 6.20 Å². The van der Waals surface area contributed by atoms with Crippen molar-refractivity contribution >= 4 is 5.69 Å². The van der Waals surface area contributed by atoms with Gasteiger partial charge in [-0.05, 0) is 19.1 Å². The number of rotatable bonds is 5. The molecule has 3 heteroatoms. The van der Waals surface area contributed by atoms with E-state index in [9.17, 15) is 0 Å². The number of aryl methyl sites for hydroxylation is 1. The molecule has 0 aliphatic heterocycles. The summed E-state index contributed by atoms with van der Waals surface area (Å²) < 4.78 is 0. The molecule has 0 aliphatic rings. The van der Waals surface area contributed by atoms with Gasteiger partial charge in [0.1, 0.15) is 0 Å². The lowest BCUT2D eigenvalue weighted by atomic mass is 10.2. The Kier molecular flexibility index (Phi) is 3.60. The monoisotopic (exact) mass is 227 g/mol. The minimum absolute atomic E-state index is 0.828. The molecule has 0 atom stereocenters. The van der Waals surface area contributed by atoms with Crippen molar-refractivity contribution in [1.29, 1.82) is 0 Å². The predicted octanol–water partition coefficient (Wildman–Crippen LogP) is 2.91. The molecule has 0 saturated carbocycles. The fourth-order valence-corrected chi connectivity index (χ4v) is 1.80. The number of anilines is 1. The van der Waals surface area contributed by atoms with Gasteiger partial charge >= 0.3 is 0 Å². The maximum Gasteiger partial charge on any atom is 0.0540 e. The van der Waals surface area contributed by atoms with E-state index in [0.717, 1.165) is 18.8 Å². The van der Waals surface area contributed by atoms with Gasteiger partial charge < -0.3 is 4.90 Å². The van der Waals surface area contributed by atoms with Crippen molar-refractivity contribution in [2.75, 3.05) is 11.4 Å². The van der Waals surface area contributed by atoms with Crippen molar-refractivity contribution in [1.82, 2.24) is 10.2 Å². The largest absolute Gasteiger partial charge is 0.363 e. The van der Waals surface area contributed by atoms with Crippen LogP contribution in [0, 0.1) is 6.92 Å². The molecule has 1 aromatic carbocycles. The van der Waals surface area contributed by atoms with Crippen LogP contribution in [-0.4, -0.2) is 16.7 Å². The van der Waals surface area contributed by atoms with Gasteiger partial charge in [0, 0.05) is 30.0 Å². The fourth-order valence-electron chi connectivity index (χ4n) is 1.80. The molecule has 0 fully saturated rings. The molecule has 0 spiro atoms. The molecule has 3 nitrogen and oxygen atoms in total. The quantitative estimate of drug-likeness (QED) is 0.796. The molecular weight excluding hydrogens is 210 g/mol. The number of aromatic amines is 1. The van der Waals surface area contributed by atoms with Gasteiger partial charge in [0.25, 0.3) is 0 Å². The van der Waals surface area contributed by atoms with Crippen LogP contribution < -0.4 is 4.90 Å². The van der Waals surface area contributed by atoms with E-state index < -0.39 is 0 Å². The third kappa shape index (κ3) is 2.75. The van der Waals surface area contributed by atoms with E-state index in [1.54, 1.807) is 0 Å². The zero-order chi connectivity index (χ0) is 12.1. The summed E-state index contributed by atoms with van der Waals surface area (Å²) >= 11 is 0. The van der Waals surface area contributed by atoms with Crippen molar-refractivity contribution in [3.8, 4) is 0 Å². The minimum atomic E-state index is 0.828. The molecule has 17 heavy (non-hydrogen) atoms. The molecule has 1 heterocycles. The Bertz CT molecular complexity index is 473. The molecule has 1 aromatic heterocycles. The van der Waals surface area contributed by atoms with Crippen molar-refractivity contribution in [3.05, 3.63) is 60.4 Å². The van der Waals surface area contributed by atoms with Crippen LogP contribution >= 0.6 is 0 Å². The average Bonchev–Trinajstić information content (AvgIpc) is 2.76. The Labute approximate surface area is 102 Å². The van der Waals surface area contributed by atoms with Gasteiger partial charge in [-0.2, -0.15) is 5.10 Å². The van der Waals surface area contributed by atoms with Crippen molar-refractivity contribution < 1.29 is 0 Å². The van der Waals surface area contributed by atoms with Gasteiger partial charge in [-0.25, -0.2) is 0 Å². The maximum absolute atomic E-state index is 4.05.